The molecule has 2 rings (SSSR count). The van der Waals surface area contributed by atoms with Crippen molar-refractivity contribution in [2.45, 2.75) is 24.5 Å². The number of aryl methyl sites for hydroxylation is 2. The lowest BCUT2D eigenvalue weighted by molar-refractivity contribution is 0.682. The van der Waals surface area contributed by atoms with E-state index in [0.717, 1.165) is 10.5 Å². The van der Waals surface area contributed by atoms with Gasteiger partial charge in [0.25, 0.3) is 0 Å². The van der Waals surface area contributed by atoms with Gasteiger partial charge >= 0.3 is 0 Å². The largest absolute Gasteiger partial charge is 0.254 e. The average molecular weight is 244 g/mol. The smallest absolute Gasteiger partial charge is 0.0574 e. The Morgan fingerprint density at radius 1 is 0.824 bits per heavy atom. The minimum atomic E-state index is -0.949. The van der Waals surface area contributed by atoms with Crippen LogP contribution in [0.2, 0.25) is 0 Å². The third kappa shape index (κ3) is 3.27. The van der Waals surface area contributed by atoms with Gasteiger partial charge in [0.15, 0.2) is 0 Å². The second-order valence-electron chi connectivity index (χ2n) is 4.29. The highest BCUT2D eigenvalue weighted by molar-refractivity contribution is 7.84. The fourth-order valence-corrected chi connectivity index (χ4v) is 2.71. The minimum Gasteiger partial charge on any atom is -0.254 e. The van der Waals surface area contributed by atoms with E-state index in [1.165, 1.54) is 11.1 Å². The Kier molecular flexibility index (Phi) is 3.75. The molecule has 1 atom stereocenters. The standard InChI is InChI=1S/C15H16OS/c1-12-3-7-14(8-4-12)11-17(16)15-9-5-13(2)6-10-15/h3-10H,11H2,1-2H3. The van der Waals surface area contributed by atoms with E-state index in [2.05, 4.69) is 19.1 Å². The van der Waals surface area contributed by atoms with Crippen LogP contribution in [0.4, 0.5) is 0 Å². The van der Waals surface area contributed by atoms with E-state index in [1.807, 2.05) is 43.3 Å². The highest BCUT2D eigenvalue weighted by Crippen LogP contribution is 2.13. The van der Waals surface area contributed by atoms with Crippen LogP contribution in [0.25, 0.3) is 0 Å². The molecular formula is C15H16OS. The SMILES string of the molecule is Cc1ccc(CS(=O)c2ccc(C)cc2)cc1. The van der Waals surface area contributed by atoms with Crippen LogP contribution in [0.1, 0.15) is 16.7 Å². The first-order chi connectivity index (χ1) is 8.15. The Balaban J connectivity index is 2.11. The van der Waals surface area contributed by atoms with Crippen molar-refractivity contribution in [3.05, 3.63) is 65.2 Å². The van der Waals surface area contributed by atoms with Gasteiger partial charge in [0.05, 0.1) is 16.6 Å². The molecule has 0 aliphatic rings. The van der Waals surface area contributed by atoms with Crippen molar-refractivity contribution in [2.24, 2.45) is 0 Å². The summed E-state index contributed by atoms with van der Waals surface area (Å²) in [6, 6.07) is 16.1. The summed E-state index contributed by atoms with van der Waals surface area (Å²) >= 11 is 0. The average Bonchev–Trinajstić information content (AvgIpc) is 2.33. The van der Waals surface area contributed by atoms with Crippen molar-refractivity contribution < 1.29 is 4.21 Å². The van der Waals surface area contributed by atoms with E-state index in [0.29, 0.717) is 5.75 Å². The molecule has 0 fully saturated rings. The fourth-order valence-electron chi connectivity index (χ4n) is 1.61. The first-order valence-electron chi connectivity index (χ1n) is 5.66. The summed E-state index contributed by atoms with van der Waals surface area (Å²) in [7, 11) is -0.949. The monoisotopic (exact) mass is 244 g/mol. The van der Waals surface area contributed by atoms with E-state index in [-0.39, 0.29) is 0 Å². The summed E-state index contributed by atoms with van der Waals surface area (Å²) in [5.74, 6) is 0.587. The predicted octanol–water partition coefficient (Wildman–Crippen LogP) is 3.61. The maximum Gasteiger partial charge on any atom is 0.0574 e. The lowest BCUT2D eigenvalue weighted by atomic mass is 10.2. The Bertz CT molecular complexity index is 512. The molecule has 0 amide bonds. The van der Waals surface area contributed by atoms with Crippen molar-refractivity contribution in [2.75, 3.05) is 0 Å². The van der Waals surface area contributed by atoms with E-state index in [4.69, 9.17) is 0 Å². The molecule has 0 aliphatic heterocycles. The molecule has 1 unspecified atom stereocenters. The summed E-state index contributed by atoms with van der Waals surface area (Å²) in [6.45, 7) is 4.09. The molecule has 0 N–H and O–H groups in total. The molecule has 0 spiro atoms. The topological polar surface area (TPSA) is 17.1 Å². The highest BCUT2D eigenvalue weighted by Gasteiger charge is 2.04. The zero-order valence-electron chi connectivity index (χ0n) is 10.1. The molecule has 0 saturated heterocycles. The van der Waals surface area contributed by atoms with E-state index < -0.39 is 10.8 Å². The zero-order valence-corrected chi connectivity index (χ0v) is 11.0. The third-order valence-electron chi connectivity index (χ3n) is 2.70. The summed E-state index contributed by atoms with van der Waals surface area (Å²) in [5, 5.41) is 0. The van der Waals surface area contributed by atoms with Crippen LogP contribution in [0.3, 0.4) is 0 Å². The van der Waals surface area contributed by atoms with Crippen LogP contribution in [-0.2, 0) is 16.6 Å². The maximum absolute atomic E-state index is 12.1. The molecule has 2 aromatic carbocycles. The molecule has 17 heavy (non-hydrogen) atoms. The summed E-state index contributed by atoms with van der Waals surface area (Å²) < 4.78 is 12.1. The van der Waals surface area contributed by atoms with Crippen LogP contribution in [0.5, 0.6) is 0 Å². The fraction of sp³-hybridized carbons (Fsp3) is 0.200. The molecule has 88 valence electrons. The lowest BCUT2D eigenvalue weighted by Gasteiger charge is -2.03. The molecule has 0 aliphatic carbocycles. The molecule has 0 saturated carbocycles. The number of rotatable bonds is 3. The summed E-state index contributed by atoms with van der Waals surface area (Å²) in [4.78, 5) is 0.899. The Labute approximate surface area is 105 Å². The van der Waals surface area contributed by atoms with Crippen LogP contribution in [-0.4, -0.2) is 4.21 Å². The molecule has 2 heteroatoms. The molecular weight excluding hydrogens is 228 g/mol. The van der Waals surface area contributed by atoms with Gasteiger partial charge in [0.2, 0.25) is 0 Å². The molecule has 2 aromatic rings. The molecule has 0 bridgehead atoms. The van der Waals surface area contributed by atoms with Crippen molar-refractivity contribution in [3.8, 4) is 0 Å². The van der Waals surface area contributed by atoms with Gasteiger partial charge in [-0.1, -0.05) is 47.5 Å². The van der Waals surface area contributed by atoms with Gasteiger partial charge in [-0.25, -0.2) is 0 Å². The first kappa shape index (κ1) is 12.1. The second-order valence-corrected chi connectivity index (χ2v) is 5.74. The van der Waals surface area contributed by atoms with Gasteiger partial charge in [-0.3, -0.25) is 4.21 Å². The molecule has 1 nitrogen and oxygen atoms in total. The van der Waals surface area contributed by atoms with Crippen LogP contribution in [0, 0.1) is 13.8 Å². The van der Waals surface area contributed by atoms with Crippen molar-refractivity contribution in [1.29, 1.82) is 0 Å². The normalized spacial score (nSPS) is 12.4. The van der Waals surface area contributed by atoms with Gasteiger partial charge in [-0.05, 0) is 31.5 Å². The van der Waals surface area contributed by atoms with E-state index >= 15 is 0 Å². The Morgan fingerprint density at radius 3 is 1.82 bits per heavy atom. The number of hydrogen-bond acceptors (Lipinski definition) is 1. The second kappa shape index (κ2) is 5.28. The van der Waals surface area contributed by atoms with Crippen LogP contribution < -0.4 is 0 Å². The minimum absolute atomic E-state index is 0.587. The van der Waals surface area contributed by atoms with Gasteiger partial charge in [-0.15, -0.1) is 0 Å². The Hall–Kier alpha value is -1.41. The predicted molar refractivity (Wildman–Crippen MR) is 72.5 cm³/mol. The molecule has 0 heterocycles. The van der Waals surface area contributed by atoms with E-state index in [9.17, 15) is 4.21 Å². The highest BCUT2D eigenvalue weighted by atomic mass is 32.2. The van der Waals surface area contributed by atoms with Gasteiger partial charge in [0.1, 0.15) is 0 Å². The van der Waals surface area contributed by atoms with Crippen LogP contribution in [0.15, 0.2) is 53.4 Å². The molecule has 0 aromatic heterocycles. The van der Waals surface area contributed by atoms with Crippen LogP contribution >= 0.6 is 0 Å². The number of hydrogen-bond donors (Lipinski definition) is 0. The van der Waals surface area contributed by atoms with E-state index in [1.54, 1.807) is 0 Å². The quantitative estimate of drug-likeness (QED) is 0.806. The Morgan fingerprint density at radius 2 is 1.29 bits per heavy atom. The van der Waals surface area contributed by atoms with Crippen molar-refractivity contribution >= 4 is 10.8 Å². The van der Waals surface area contributed by atoms with Gasteiger partial charge in [-0.2, -0.15) is 0 Å². The van der Waals surface area contributed by atoms with Gasteiger partial charge < -0.3 is 0 Å². The lowest BCUT2D eigenvalue weighted by Crippen LogP contribution is -1.96. The first-order valence-corrected chi connectivity index (χ1v) is 6.97. The third-order valence-corrected chi connectivity index (χ3v) is 4.10. The summed E-state index contributed by atoms with van der Waals surface area (Å²) in [5.41, 5.74) is 3.55. The molecule has 0 radical (unpaired) electrons. The number of benzene rings is 2. The van der Waals surface area contributed by atoms with Crippen molar-refractivity contribution in [1.82, 2.24) is 0 Å². The van der Waals surface area contributed by atoms with Gasteiger partial charge in [0, 0.05) is 4.90 Å². The van der Waals surface area contributed by atoms with Crippen molar-refractivity contribution in [3.63, 3.8) is 0 Å². The maximum atomic E-state index is 12.1. The summed E-state index contributed by atoms with van der Waals surface area (Å²) in [6.07, 6.45) is 0. The zero-order chi connectivity index (χ0) is 12.3.